The summed E-state index contributed by atoms with van der Waals surface area (Å²) in [7, 11) is 0. The average Bonchev–Trinajstić information content (AvgIpc) is 2.40. The Morgan fingerprint density at radius 3 is 2.47 bits per heavy atom. The van der Waals surface area contributed by atoms with Gasteiger partial charge < -0.3 is 10.0 Å². The number of benzene rings is 1. The number of rotatable bonds is 4. The van der Waals surface area contributed by atoms with Crippen molar-refractivity contribution in [3.8, 4) is 0 Å². The summed E-state index contributed by atoms with van der Waals surface area (Å²) in [6, 6.07) is 10.7. The molecule has 0 radical (unpaired) electrons. The first kappa shape index (κ1) is 12.9. The van der Waals surface area contributed by atoms with Gasteiger partial charge in [-0.1, -0.05) is 30.3 Å². The fourth-order valence-corrected chi connectivity index (χ4v) is 2.62. The lowest BCUT2D eigenvalue weighted by atomic mass is 9.89. The highest BCUT2D eigenvalue weighted by molar-refractivity contribution is 6.18. The van der Waals surface area contributed by atoms with Gasteiger partial charge in [-0.25, -0.2) is 0 Å². The highest BCUT2D eigenvalue weighted by Crippen LogP contribution is 2.27. The molecule has 0 amide bonds. The number of halogens is 1. The van der Waals surface area contributed by atoms with E-state index in [-0.39, 0.29) is 6.10 Å². The third kappa shape index (κ3) is 3.70. The Morgan fingerprint density at radius 2 is 1.88 bits per heavy atom. The maximum absolute atomic E-state index is 9.52. The minimum Gasteiger partial charge on any atom is -0.391 e. The van der Waals surface area contributed by atoms with E-state index >= 15 is 0 Å². The molecule has 1 heterocycles. The second kappa shape index (κ2) is 6.39. The highest BCUT2D eigenvalue weighted by Gasteiger charge is 2.21. The Morgan fingerprint density at radius 1 is 1.24 bits per heavy atom. The molecule has 94 valence electrons. The molecular formula is C14H20ClNO. The van der Waals surface area contributed by atoms with Crippen LogP contribution in [0.1, 0.15) is 24.3 Å². The number of hydrogen-bond acceptors (Lipinski definition) is 2. The zero-order valence-electron chi connectivity index (χ0n) is 10.1. The van der Waals surface area contributed by atoms with Gasteiger partial charge in [-0.15, -0.1) is 11.6 Å². The Bertz CT molecular complexity index is 322. The number of likely N-dealkylation sites (tertiary alicyclic amines) is 1. The van der Waals surface area contributed by atoms with Gasteiger partial charge in [0.15, 0.2) is 0 Å². The standard InChI is InChI=1S/C14H20ClNO/c15-10-14(17)11-16-8-6-13(7-9-16)12-4-2-1-3-5-12/h1-5,13-14,17H,6-11H2. The van der Waals surface area contributed by atoms with Crippen molar-refractivity contribution in [3.63, 3.8) is 0 Å². The highest BCUT2D eigenvalue weighted by atomic mass is 35.5. The largest absolute Gasteiger partial charge is 0.391 e. The van der Waals surface area contributed by atoms with Gasteiger partial charge in [0.05, 0.1) is 6.10 Å². The predicted octanol–water partition coefficient (Wildman–Crippen LogP) is 2.47. The third-order valence-electron chi connectivity index (χ3n) is 3.51. The molecule has 1 aromatic rings. The fourth-order valence-electron chi connectivity index (χ4n) is 2.52. The third-order valence-corrected chi connectivity index (χ3v) is 3.86. The Labute approximate surface area is 108 Å². The Hall–Kier alpha value is -0.570. The second-order valence-corrected chi connectivity index (χ2v) is 5.10. The molecule has 0 saturated carbocycles. The molecule has 17 heavy (non-hydrogen) atoms. The molecule has 0 aromatic heterocycles. The van der Waals surface area contributed by atoms with Crippen LogP contribution in [0.4, 0.5) is 0 Å². The molecule has 0 bridgehead atoms. The van der Waals surface area contributed by atoms with Crippen LogP contribution in [0, 0.1) is 0 Å². The van der Waals surface area contributed by atoms with Gasteiger partial charge in [-0.05, 0) is 37.4 Å². The van der Waals surface area contributed by atoms with Crippen LogP contribution in [0.25, 0.3) is 0 Å². The van der Waals surface area contributed by atoms with E-state index in [0.29, 0.717) is 18.3 Å². The summed E-state index contributed by atoms with van der Waals surface area (Å²) in [4.78, 5) is 2.31. The van der Waals surface area contributed by atoms with Gasteiger partial charge in [-0.3, -0.25) is 0 Å². The van der Waals surface area contributed by atoms with Crippen molar-refractivity contribution in [2.45, 2.75) is 24.9 Å². The van der Waals surface area contributed by atoms with E-state index in [1.54, 1.807) is 0 Å². The number of hydrogen-bond donors (Lipinski definition) is 1. The zero-order valence-corrected chi connectivity index (χ0v) is 10.8. The first-order valence-corrected chi connectivity index (χ1v) is 6.84. The van der Waals surface area contributed by atoms with Crippen molar-refractivity contribution in [2.75, 3.05) is 25.5 Å². The van der Waals surface area contributed by atoms with Crippen molar-refractivity contribution >= 4 is 11.6 Å². The van der Waals surface area contributed by atoms with E-state index in [9.17, 15) is 5.11 Å². The van der Waals surface area contributed by atoms with Crippen molar-refractivity contribution < 1.29 is 5.11 Å². The minimum atomic E-state index is -0.384. The number of alkyl halides is 1. The first-order valence-electron chi connectivity index (χ1n) is 6.31. The molecule has 1 atom stereocenters. The number of β-amino-alcohol motifs (C(OH)–C–C–N with tert-alkyl or cyclic N) is 1. The van der Waals surface area contributed by atoms with E-state index in [2.05, 4.69) is 35.2 Å². The van der Waals surface area contributed by atoms with E-state index in [0.717, 1.165) is 13.1 Å². The first-order chi connectivity index (χ1) is 8.29. The molecule has 0 aliphatic carbocycles. The number of aliphatic hydroxyl groups excluding tert-OH is 1. The summed E-state index contributed by atoms with van der Waals surface area (Å²) < 4.78 is 0. The van der Waals surface area contributed by atoms with E-state index in [4.69, 9.17) is 11.6 Å². The second-order valence-electron chi connectivity index (χ2n) is 4.79. The molecule has 2 nitrogen and oxygen atoms in total. The molecule has 1 aromatic carbocycles. The van der Waals surface area contributed by atoms with Gasteiger partial charge in [0.25, 0.3) is 0 Å². The van der Waals surface area contributed by atoms with E-state index < -0.39 is 0 Å². The molecule has 1 unspecified atom stereocenters. The van der Waals surface area contributed by atoms with Crippen LogP contribution in [-0.4, -0.2) is 41.6 Å². The summed E-state index contributed by atoms with van der Waals surface area (Å²) in [5.41, 5.74) is 1.45. The molecule has 1 aliphatic rings. The molecule has 3 heteroatoms. The topological polar surface area (TPSA) is 23.5 Å². The molecule has 2 rings (SSSR count). The van der Waals surface area contributed by atoms with Gasteiger partial charge in [-0.2, -0.15) is 0 Å². The number of nitrogens with zero attached hydrogens (tertiary/aromatic N) is 1. The lowest BCUT2D eigenvalue weighted by Crippen LogP contribution is -2.38. The van der Waals surface area contributed by atoms with Crippen molar-refractivity contribution in [2.24, 2.45) is 0 Å². The Balaban J connectivity index is 1.82. The molecule has 1 saturated heterocycles. The van der Waals surface area contributed by atoms with Crippen LogP contribution >= 0.6 is 11.6 Å². The van der Waals surface area contributed by atoms with Gasteiger partial charge in [0, 0.05) is 12.4 Å². The minimum absolute atomic E-state index is 0.332. The maximum atomic E-state index is 9.52. The van der Waals surface area contributed by atoms with Crippen LogP contribution in [0.2, 0.25) is 0 Å². The molecule has 1 N–H and O–H groups in total. The fraction of sp³-hybridized carbons (Fsp3) is 0.571. The molecule has 0 spiro atoms. The number of piperidine rings is 1. The lowest BCUT2D eigenvalue weighted by Gasteiger charge is -2.33. The maximum Gasteiger partial charge on any atom is 0.0802 e. The van der Waals surface area contributed by atoms with E-state index in [1.807, 2.05) is 0 Å². The van der Waals surface area contributed by atoms with Gasteiger partial charge in [0.1, 0.15) is 0 Å². The van der Waals surface area contributed by atoms with Crippen molar-refractivity contribution in [3.05, 3.63) is 35.9 Å². The normalized spacial score (nSPS) is 20.4. The van der Waals surface area contributed by atoms with E-state index in [1.165, 1.54) is 18.4 Å². The van der Waals surface area contributed by atoms with Crippen LogP contribution in [0.5, 0.6) is 0 Å². The van der Waals surface area contributed by atoms with Crippen LogP contribution in [0.15, 0.2) is 30.3 Å². The monoisotopic (exact) mass is 253 g/mol. The predicted molar refractivity (Wildman–Crippen MR) is 71.6 cm³/mol. The number of aliphatic hydroxyl groups is 1. The molecular weight excluding hydrogens is 234 g/mol. The van der Waals surface area contributed by atoms with Crippen LogP contribution in [-0.2, 0) is 0 Å². The van der Waals surface area contributed by atoms with Gasteiger partial charge in [0.2, 0.25) is 0 Å². The average molecular weight is 254 g/mol. The zero-order chi connectivity index (χ0) is 12.1. The van der Waals surface area contributed by atoms with Crippen LogP contribution in [0.3, 0.4) is 0 Å². The van der Waals surface area contributed by atoms with Crippen LogP contribution < -0.4 is 0 Å². The van der Waals surface area contributed by atoms with Crippen molar-refractivity contribution in [1.29, 1.82) is 0 Å². The van der Waals surface area contributed by atoms with Crippen molar-refractivity contribution in [1.82, 2.24) is 4.90 Å². The Kier molecular flexibility index (Phi) is 4.84. The summed E-state index contributed by atoms with van der Waals surface area (Å²) in [6.07, 6.45) is 1.97. The summed E-state index contributed by atoms with van der Waals surface area (Å²) >= 11 is 5.62. The quantitative estimate of drug-likeness (QED) is 0.834. The summed E-state index contributed by atoms with van der Waals surface area (Å²) in [5, 5.41) is 9.52. The summed E-state index contributed by atoms with van der Waals surface area (Å²) in [5.74, 6) is 1.01. The summed E-state index contributed by atoms with van der Waals surface area (Å²) in [6.45, 7) is 2.84. The molecule has 1 fully saturated rings. The smallest absolute Gasteiger partial charge is 0.0802 e. The van der Waals surface area contributed by atoms with Gasteiger partial charge >= 0.3 is 0 Å². The molecule has 1 aliphatic heterocycles. The lowest BCUT2D eigenvalue weighted by molar-refractivity contribution is 0.111. The SMILES string of the molecule is OC(CCl)CN1CCC(c2ccccc2)CC1.